The van der Waals surface area contributed by atoms with Gasteiger partial charge < -0.3 is 9.32 Å². The fraction of sp³-hybridized carbons (Fsp3) is 0.259. The first-order valence-corrected chi connectivity index (χ1v) is 13.0. The van der Waals surface area contributed by atoms with Crippen molar-refractivity contribution < 1.29 is 17.6 Å². The maximum Gasteiger partial charge on any atom is 0.245 e. The van der Waals surface area contributed by atoms with Gasteiger partial charge in [-0.05, 0) is 50.1 Å². The van der Waals surface area contributed by atoms with Gasteiger partial charge in [-0.3, -0.25) is 9.78 Å². The van der Waals surface area contributed by atoms with E-state index in [-0.39, 0.29) is 23.9 Å². The van der Waals surface area contributed by atoms with E-state index in [1.165, 1.54) is 4.31 Å². The molecule has 2 aromatic carbocycles. The lowest BCUT2D eigenvalue weighted by molar-refractivity contribution is -0.132. The van der Waals surface area contributed by atoms with Crippen molar-refractivity contribution in [1.29, 1.82) is 0 Å². The number of amides is 1. The molecule has 4 aromatic rings. The highest BCUT2D eigenvalue weighted by Gasteiger charge is 2.32. The number of aromatic nitrogens is 1. The van der Waals surface area contributed by atoms with E-state index in [9.17, 15) is 13.2 Å². The van der Waals surface area contributed by atoms with Gasteiger partial charge in [0.05, 0.1) is 24.9 Å². The highest BCUT2D eigenvalue weighted by atomic mass is 32.2. The summed E-state index contributed by atoms with van der Waals surface area (Å²) in [5, 5.41) is 0.728. The molecule has 4 rings (SSSR count). The fourth-order valence-electron chi connectivity index (χ4n) is 3.98. The summed E-state index contributed by atoms with van der Waals surface area (Å²) in [5.41, 5.74) is 1.49. The third-order valence-corrected chi connectivity index (χ3v) is 7.90. The van der Waals surface area contributed by atoms with Crippen LogP contribution in [0.3, 0.4) is 0 Å². The monoisotopic (exact) mass is 491 g/mol. The molecule has 7 nitrogen and oxygen atoms in total. The molecule has 182 valence electrons. The zero-order valence-corrected chi connectivity index (χ0v) is 20.7. The number of rotatable bonds is 10. The molecule has 0 aliphatic carbocycles. The van der Waals surface area contributed by atoms with Crippen LogP contribution in [0.4, 0.5) is 0 Å². The molecule has 0 saturated carbocycles. The van der Waals surface area contributed by atoms with Crippen LogP contribution in [0.2, 0.25) is 0 Å². The Morgan fingerprint density at radius 3 is 2.46 bits per heavy atom. The number of para-hydroxylation sites is 1. The first-order valence-electron chi connectivity index (χ1n) is 11.6. The van der Waals surface area contributed by atoms with Gasteiger partial charge in [-0.15, -0.1) is 0 Å². The van der Waals surface area contributed by atoms with Gasteiger partial charge in [0, 0.05) is 24.2 Å². The number of pyridine rings is 1. The van der Waals surface area contributed by atoms with Crippen molar-refractivity contribution in [3.05, 3.63) is 96.6 Å². The fourth-order valence-corrected chi connectivity index (χ4v) is 5.73. The van der Waals surface area contributed by atoms with Crippen LogP contribution >= 0.6 is 0 Å². The summed E-state index contributed by atoms with van der Waals surface area (Å²) in [7, 11) is -3.98. The zero-order chi connectivity index (χ0) is 24.8. The number of benzene rings is 2. The average Bonchev–Trinajstić information content (AvgIpc) is 3.38. The Kier molecular flexibility index (Phi) is 7.63. The molecular formula is C27H29N3O4S. The van der Waals surface area contributed by atoms with Crippen molar-refractivity contribution in [1.82, 2.24) is 14.2 Å². The number of fused-ring (bicyclic) bond motifs is 1. The second-order valence-electron chi connectivity index (χ2n) is 8.61. The van der Waals surface area contributed by atoms with Crippen LogP contribution in [-0.4, -0.2) is 47.6 Å². The highest BCUT2D eigenvalue weighted by molar-refractivity contribution is 7.89. The van der Waals surface area contributed by atoms with Gasteiger partial charge in [0.25, 0.3) is 0 Å². The first-order chi connectivity index (χ1) is 16.9. The summed E-state index contributed by atoms with van der Waals surface area (Å²) >= 11 is 0. The molecule has 0 N–H and O–H groups in total. The first kappa shape index (κ1) is 24.6. The minimum Gasteiger partial charge on any atom is -0.467 e. The van der Waals surface area contributed by atoms with Crippen LogP contribution in [0, 0.1) is 0 Å². The molecule has 1 amide bonds. The van der Waals surface area contributed by atoms with E-state index in [1.807, 2.05) is 48.5 Å². The largest absolute Gasteiger partial charge is 0.467 e. The Bertz CT molecular complexity index is 1360. The Hall–Kier alpha value is -3.49. The van der Waals surface area contributed by atoms with Crippen molar-refractivity contribution in [3.63, 3.8) is 0 Å². The Morgan fingerprint density at radius 2 is 1.74 bits per heavy atom. The van der Waals surface area contributed by atoms with Crippen LogP contribution in [0.15, 0.2) is 94.6 Å². The van der Waals surface area contributed by atoms with Crippen LogP contribution in [-0.2, 0) is 27.8 Å². The van der Waals surface area contributed by atoms with E-state index in [2.05, 4.69) is 4.98 Å². The topological polar surface area (TPSA) is 83.7 Å². The lowest BCUT2D eigenvalue weighted by atomic mass is 10.1. The summed E-state index contributed by atoms with van der Waals surface area (Å²) in [4.78, 5) is 19.6. The van der Waals surface area contributed by atoms with Crippen LogP contribution in [0.25, 0.3) is 10.9 Å². The molecule has 0 saturated heterocycles. The van der Waals surface area contributed by atoms with Gasteiger partial charge in [0.1, 0.15) is 10.7 Å². The molecule has 0 unspecified atom stereocenters. The van der Waals surface area contributed by atoms with Gasteiger partial charge in [0.2, 0.25) is 15.9 Å². The van der Waals surface area contributed by atoms with Gasteiger partial charge in [-0.25, -0.2) is 8.42 Å². The molecule has 0 fully saturated rings. The van der Waals surface area contributed by atoms with Crippen molar-refractivity contribution in [2.75, 3.05) is 13.1 Å². The molecule has 2 heterocycles. The predicted octanol–water partition coefficient (Wildman–Crippen LogP) is 4.50. The summed E-state index contributed by atoms with van der Waals surface area (Å²) in [6.45, 7) is 3.96. The van der Waals surface area contributed by atoms with Gasteiger partial charge in [-0.1, -0.05) is 48.5 Å². The number of hydrogen-bond acceptors (Lipinski definition) is 5. The Balaban J connectivity index is 1.60. The lowest BCUT2D eigenvalue weighted by Gasteiger charge is -2.29. The van der Waals surface area contributed by atoms with E-state index in [4.69, 9.17) is 4.42 Å². The van der Waals surface area contributed by atoms with Crippen molar-refractivity contribution in [2.24, 2.45) is 0 Å². The minimum atomic E-state index is -3.98. The quantitative estimate of drug-likeness (QED) is 0.326. The molecule has 35 heavy (non-hydrogen) atoms. The van der Waals surface area contributed by atoms with Gasteiger partial charge in [-0.2, -0.15) is 4.31 Å². The van der Waals surface area contributed by atoms with E-state index in [1.54, 1.807) is 55.5 Å². The summed E-state index contributed by atoms with van der Waals surface area (Å²) in [6.07, 6.45) is 3.78. The van der Waals surface area contributed by atoms with Crippen molar-refractivity contribution in [3.8, 4) is 0 Å². The van der Waals surface area contributed by atoms with Crippen molar-refractivity contribution >= 4 is 26.8 Å². The predicted molar refractivity (Wildman–Crippen MR) is 135 cm³/mol. The minimum absolute atomic E-state index is 0.0963. The average molecular weight is 492 g/mol. The molecule has 0 bridgehead atoms. The zero-order valence-electron chi connectivity index (χ0n) is 19.9. The standard InChI is InChI=1S/C27H29N3O4S/c1-21(2)30(35(32,33)25-14-6-11-23-12-7-16-28-27(23)25)20-26(31)29(19-24-13-8-18-34-24)17-15-22-9-4-3-5-10-22/h3-14,16,18,21H,15,17,19-20H2,1-2H3. The van der Waals surface area contributed by atoms with E-state index < -0.39 is 16.1 Å². The molecule has 0 spiro atoms. The van der Waals surface area contributed by atoms with E-state index >= 15 is 0 Å². The molecule has 0 aliphatic heterocycles. The van der Waals surface area contributed by atoms with Crippen LogP contribution in [0.5, 0.6) is 0 Å². The highest BCUT2D eigenvalue weighted by Crippen LogP contribution is 2.25. The number of sulfonamides is 1. The second-order valence-corrected chi connectivity index (χ2v) is 10.5. The SMILES string of the molecule is CC(C)N(CC(=O)N(CCc1ccccc1)Cc1ccco1)S(=O)(=O)c1cccc2cccnc12. The maximum absolute atomic E-state index is 13.7. The van der Waals surface area contributed by atoms with Gasteiger partial charge in [0.15, 0.2) is 0 Å². The van der Waals surface area contributed by atoms with Crippen molar-refractivity contribution in [2.45, 2.75) is 37.8 Å². The number of carbonyl (C=O) groups excluding carboxylic acids is 1. The lowest BCUT2D eigenvalue weighted by Crippen LogP contribution is -2.46. The molecule has 0 radical (unpaired) electrons. The molecule has 0 aliphatic rings. The van der Waals surface area contributed by atoms with Crippen LogP contribution < -0.4 is 0 Å². The normalized spacial score (nSPS) is 11.9. The van der Waals surface area contributed by atoms with Crippen LogP contribution in [0.1, 0.15) is 25.2 Å². The molecular weight excluding hydrogens is 462 g/mol. The molecule has 2 aromatic heterocycles. The number of nitrogens with zero attached hydrogens (tertiary/aromatic N) is 3. The number of furan rings is 1. The van der Waals surface area contributed by atoms with E-state index in [0.717, 1.165) is 10.9 Å². The molecule has 8 heteroatoms. The Morgan fingerprint density at radius 1 is 0.971 bits per heavy atom. The summed E-state index contributed by atoms with van der Waals surface area (Å²) < 4.78 is 34.2. The third kappa shape index (κ3) is 5.78. The summed E-state index contributed by atoms with van der Waals surface area (Å²) in [5.74, 6) is 0.353. The Labute approximate surface area is 206 Å². The second kappa shape index (κ2) is 10.8. The maximum atomic E-state index is 13.7. The molecule has 0 atom stereocenters. The number of carbonyl (C=O) groups is 1. The van der Waals surface area contributed by atoms with E-state index in [0.29, 0.717) is 24.2 Å². The summed E-state index contributed by atoms with van der Waals surface area (Å²) in [6, 6.07) is 21.7. The smallest absolute Gasteiger partial charge is 0.245 e. The van der Waals surface area contributed by atoms with Gasteiger partial charge >= 0.3 is 0 Å². The number of hydrogen-bond donors (Lipinski definition) is 0. The third-order valence-electron chi connectivity index (χ3n) is 5.84.